The van der Waals surface area contributed by atoms with E-state index in [0.29, 0.717) is 31.1 Å². The Balaban J connectivity index is 1.38. The third-order valence-corrected chi connectivity index (χ3v) is 5.13. The Morgan fingerprint density at radius 3 is 2.45 bits per heavy atom. The number of aliphatic carboxylic acids is 1. The molecule has 0 saturated heterocycles. The average molecular weight is 301 g/mol. The van der Waals surface area contributed by atoms with Gasteiger partial charge in [-0.25, -0.2) is 0 Å². The van der Waals surface area contributed by atoms with Gasteiger partial charge in [0, 0.05) is 12.5 Å². The van der Waals surface area contributed by atoms with Crippen LogP contribution in [0.4, 0.5) is 0 Å². The fourth-order valence-electron chi connectivity index (χ4n) is 3.79. The number of nitrogens with one attached hydrogen (secondary N) is 1. The SMILES string of the molecule is O=C(CC1CC(c2ccccc2)C1)N[C@@H]1CC[C@H](C(=O)O)C1. The zero-order valence-corrected chi connectivity index (χ0v) is 12.7. The van der Waals surface area contributed by atoms with Gasteiger partial charge < -0.3 is 10.4 Å². The maximum atomic E-state index is 12.1. The second-order valence-corrected chi connectivity index (χ2v) is 6.76. The molecule has 2 atom stereocenters. The first kappa shape index (κ1) is 15.1. The van der Waals surface area contributed by atoms with Crippen LogP contribution in [0, 0.1) is 11.8 Å². The number of benzene rings is 1. The highest BCUT2D eigenvalue weighted by atomic mass is 16.4. The Hall–Kier alpha value is -1.84. The molecule has 0 unspecified atom stereocenters. The number of hydrogen-bond acceptors (Lipinski definition) is 2. The Morgan fingerprint density at radius 2 is 1.82 bits per heavy atom. The van der Waals surface area contributed by atoms with Gasteiger partial charge in [-0.3, -0.25) is 9.59 Å². The highest BCUT2D eigenvalue weighted by molar-refractivity contribution is 5.77. The lowest BCUT2D eigenvalue weighted by Gasteiger charge is -2.35. The predicted octanol–water partition coefficient (Wildman–Crippen LogP) is 2.94. The van der Waals surface area contributed by atoms with Gasteiger partial charge in [0.05, 0.1) is 5.92 Å². The Labute approximate surface area is 130 Å². The first-order valence-corrected chi connectivity index (χ1v) is 8.19. The quantitative estimate of drug-likeness (QED) is 0.878. The van der Waals surface area contributed by atoms with Crippen molar-refractivity contribution in [1.29, 1.82) is 0 Å². The van der Waals surface area contributed by atoms with Gasteiger partial charge in [0.2, 0.25) is 5.91 Å². The van der Waals surface area contributed by atoms with E-state index in [4.69, 9.17) is 5.11 Å². The lowest BCUT2D eigenvalue weighted by molar-refractivity contribution is -0.141. The molecular weight excluding hydrogens is 278 g/mol. The first-order chi connectivity index (χ1) is 10.6. The van der Waals surface area contributed by atoms with Crippen LogP contribution in [0.15, 0.2) is 30.3 Å². The Bertz CT molecular complexity index is 537. The fourth-order valence-corrected chi connectivity index (χ4v) is 3.79. The number of hydrogen-bond donors (Lipinski definition) is 2. The zero-order chi connectivity index (χ0) is 15.5. The molecule has 3 rings (SSSR count). The van der Waals surface area contributed by atoms with E-state index in [-0.39, 0.29) is 17.9 Å². The van der Waals surface area contributed by atoms with Crippen LogP contribution in [0.2, 0.25) is 0 Å². The summed E-state index contributed by atoms with van der Waals surface area (Å²) in [5, 5.41) is 12.0. The summed E-state index contributed by atoms with van der Waals surface area (Å²) < 4.78 is 0. The maximum Gasteiger partial charge on any atom is 0.306 e. The second kappa shape index (κ2) is 6.51. The number of rotatable bonds is 5. The lowest BCUT2D eigenvalue weighted by atomic mass is 9.70. The molecule has 2 saturated carbocycles. The molecule has 0 radical (unpaired) electrons. The number of carbonyl (C=O) groups excluding carboxylic acids is 1. The molecule has 0 spiro atoms. The molecule has 1 aromatic rings. The summed E-state index contributed by atoms with van der Waals surface area (Å²) in [5.74, 6) is 0.147. The molecule has 22 heavy (non-hydrogen) atoms. The molecule has 0 heterocycles. The fraction of sp³-hybridized carbons (Fsp3) is 0.556. The van der Waals surface area contributed by atoms with Crippen LogP contribution in [-0.2, 0) is 9.59 Å². The van der Waals surface area contributed by atoms with Crippen molar-refractivity contribution in [1.82, 2.24) is 5.32 Å². The third-order valence-electron chi connectivity index (χ3n) is 5.13. The topological polar surface area (TPSA) is 66.4 Å². The van der Waals surface area contributed by atoms with Crippen molar-refractivity contribution in [2.45, 2.75) is 50.5 Å². The molecular formula is C18H23NO3. The largest absolute Gasteiger partial charge is 0.481 e. The lowest BCUT2D eigenvalue weighted by Crippen LogP contribution is -2.36. The van der Waals surface area contributed by atoms with Gasteiger partial charge in [-0.05, 0) is 49.5 Å². The van der Waals surface area contributed by atoms with Crippen molar-refractivity contribution >= 4 is 11.9 Å². The maximum absolute atomic E-state index is 12.1. The second-order valence-electron chi connectivity index (χ2n) is 6.76. The van der Waals surface area contributed by atoms with Crippen LogP contribution >= 0.6 is 0 Å². The summed E-state index contributed by atoms with van der Waals surface area (Å²) in [6.07, 6.45) is 4.80. The zero-order valence-electron chi connectivity index (χ0n) is 12.7. The molecule has 0 aromatic heterocycles. The van der Waals surface area contributed by atoms with E-state index >= 15 is 0 Å². The summed E-state index contributed by atoms with van der Waals surface area (Å²) in [4.78, 5) is 23.0. The van der Waals surface area contributed by atoms with Crippen LogP contribution in [0.25, 0.3) is 0 Å². The minimum Gasteiger partial charge on any atom is -0.481 e. The van der Waals surface area contributed by atoms with E-state index in [1.165, 1.54) is 5.56 Å². The van der Waals surface area contributed by atoms with E-state index in [9.17, 15) is 9.59 Å². The van der Waals surface area contributed by atoms with Crippen molar-refractivity contribution < 1.29 is 14.7 Å². The summed E-state index contributed by atoms with van der Waals surface area (Å²) in [6, 6.07) is 10.5. The molecule has 4 nitrogen and oxygen atoms in total. The first-order valence-electron chi connectivity index (χ1n) is 8.19. The number of amides is 1. The molecule has 0 aliphatic heterocycles. The van der Waals surface area contributed by atoms with Gasteiger partial charge in [0.25, 0.3) is 0 Å². The van der Waals surface area contributed by atoms with E-state index in [1.54, 1.807) is 0 Å². The highest BCUT2D eigenvalue weighted by Gasteiger charge is 2.34. The minimum absolute atomic E-state index is 0.0543. The van der Waals surface area contributed by atoms with Crippen molar-refractivity contribution in [2.24, 2.45) is 11.8 Å². The molecule has 1 amide bonds. The molecule has 2 N–H and O–H groups in total. The van der Waals surface area contributed by atoms with Crippen molar-refractivity contribution in [3.8, 4) is 0 Å². The van der Waals surface area contributed by atoms with Gasteiger partial charge >= 0.3 is 5.97 Å². The predicted molar refractivity (Wildman–Crippen MR) is 83.4 cm³/mol. The summed E-state index contributed by atoms with van der Waals surface area (Å²) >= 11 is 0. The molecule has 4 heteroatoms. The number of carboxylic acid groups (broad SMARTS) is 1. The van der Waals surface area contributed by atoms with Crippen LogP contribution in [0.3, 0.4) is 0 Å². The van der Waals surface area contributed by atoms with Gasteiger partial charge in [0.1, 0.15) is 0 Å². The third kappa shape index (κ3) is 3.49. The molecule has 0 bridgehead atoms. The van der Waals surface area contributed by atoms with Crippen molar-refractivity contribution in [2.75, 3.05) is 0 Å². The monoisotopic (exact) mass is 301 g/mol. The number of carbonyl (C=O) groups is 2. The van der Waals surface area contributed by atoms with Crippen molar-refractivity contribution in [3.63, 3.8) is 0 Å². The average Bonchev–Trinajstić information content (AvgIpc) is 2.92. The standard InChI is InChI=1S/C18H23NO3/c20-17(19-16-7-6-14(11-16)18(21)22)10-12-8-15(9-12)13-4-2-1-3-5-13/h1-5,12,14-16H,6-11H2,(H,19,20)(H,21,22)/t12?,14-,15?,16+/m0/s1. The smallest absolute Gasteiger partial charge is 0.306 e. The van der Waals surface area contributed by atoms with E-state index in [1.807, 2.05) is 6.07 Å². The van der Waals surface area contributed by atoms with Crippen LogP contribution in [0.5, 0.6) is 0 Å². The number of carboxylic acids is 1. The van der Waals surface area contributed by atoms with E-state index in [0.717, 1.165) is 19.3 Å². The van der Waals surface area contributed by atoms with E-state index < -0.39 is 5.97 Å². The van der Waals surface area contributed by atoms with Gasteiger partial charge in [-0.15, -0.1) is 0 Å². The Morgan fingerprint density at radius 1 is 1.09 bits per heavy atom. The molecule has 2 fully saturated rings. The van der Waals surface area contributed by atoms with Gasteiger partial charge in [-0.1, -0.05) is 30.3 Å². The van der Waals surface area contributed by atoms with Gasteiger partial charge in [0.15, 0.2) is 0 Å². The molecule has 2 aliphatic rings. The van der Waals surface area contributed by atoms with Crippen LogP contribution in [0.1, 0.15) is 50.0 Å². The highest BCUT2D eigenvalue weighted by Crippen LogP contribution is 2.43. The minimum atomic E-state index is -0.735. The van der Waals surface area contributed by atoms with E-state index in [2.05, 4.69) is 29.6 Å². The molecule has 2 aliphatic carbocycles. The summed E-state index contributed by atoms with van der Waals surface area (Å²) in [6.45, 7) is 0. The molecule has 118 valence electrons. The van der Waals surface area contributed by atoms with Crippen LogP contribution < -0.4 is 5.32 Å². The van der Waals surface area contributed by atoms with Crippen molar-refractivity contribution in [3.05, 3.63) is 35.9 Å². The summed E-state index contributed by atoms with van der Waals surface area (Å²) in [7, 11) is 0. The normalized spacial score (nSPS) is 30.5. The van der Waals surface area contributed by atoms with Gasteiger partial charge in [-0.2, -0.15) is 0 Å². The van der Waals surface area contributed by atoms with Crippen LogP contribution in [-0.4, -0.2) is 23.0 Å². The summed E-state index contributed by atoms with van der Waals surface area (Å²) in [5.41, 5.74) is 1.37. The molecule has 1 aromatic carbocycles. The Kier molecular flexibility index (Phi) is 4.46.